The average molecular weight is 318 g/mol. The first-order valence-electron chi connectivity index (χ1n) is 6.77. The van der Waals surface area contributed by atoms with Gasteiger partial charge in [-0.3, -0.25) is 0 Å². The third-order valence-corrected chi connectivity index (χ3v) is 4.52. The number of nitrogens with zero attached hydrogens (tertiary/aromatic N) is 1. The van der Waals surface area contributed by atoms with Crippen LogP contribution in [0.25, 0.3) is 0 Å². The predicted molar refractivity (Wildman–Crippen MR) is 86.1 cm³/mol. The van der Waals surface area contributed by atoms with E-state index in [1.165, 1.54) is 13.1 Å². The standard InChI is InChI=1S/C16H18N2O3S/c1-13(18-21-12-14-7-4-3-5-8-14)15-9-6-10-16(11-15)22(19,20)17-2/h3-11,17H,12H2,1-2H3. The first kappa shape index (κ1) is 16.2. The monoisotopic (exact) mass is 318 g/mol. The summed E-state index contributed by atoms with van der Waals surface area (Å²) in [5.74, 6) is 0. The van der Waals surface area contributed by atoms with Gasteiger partial charge in [0.25, 0.3) is 0 Å². The summed E-state index contributed by atoms with van der Waals surface area (Å²) in [5.41, 5.74) is 2.33. The summed E-state index contributed by atoms with van der Waals surface area (Å²) < 4.78 is 25.9. The lowest BCUT2D eigenvalue weighted by Crippen LogP contribution is -2.18. The minimum atomic E-state index is -3.46. The van der Waals surface area contributed by atoms with Crippen LogP contribution < -0.4 is 4.72 Å². The predicted octanol–water partition coefficient (Wildman–Crippen LogP) is 2.54. The Balaban J connectivity index is 2.11. The number of rotatable bonds is 6. The van der Waals surface area contributed by atoms with Crippen molar-refractivity contribution in [2.75, 3.05) is 7.05 Å². The molecule has 0 spiro atoms. The highest BCUT2D eigenvalue weighted by atomic mass is 32.2. The number of nitrogens with one attached hydrogen (secondary N) is 1. The maximum atomic E-state index is 11.8. The molecule has 0 atom stereocenters. The first-order valence-corrected chi connectivity index (χ1v) is 8.26. The highest BCUT2D eigenvalue weighted by Gasteiger charge is 2.12. The number of benzene rings is 2. The Labute approximate surface area is 130 Å². The zero-order valence-electron chi connectivity index (χ0n) is 12.5. The van der Waals surface area contributed by atoms with Gasteiger partial charge in [0.2, 0.25) is 10.0 Å². The van der Waals surface area contributed by atoms with Crippen LogP contribution >= 0.6 is 0 Å². The molecule has 0 aliphatic heterocycles. The van der Waals surface area contributed by atoms with Crippen LogP contribution in [0.3, 0.4) is 0 Å². The summed E-state index contributed by atoms with van der Waals surface area (Å²) in [6.07, 6.45) is 0. The Bertz CT molecular complexity index is 756. The lowest BCUT2D eigenvalue weighted by atomic mass is 10.1. The van der Waals surface area contributed by atoms with Crippen molar-refractivity contribution in [3.05, 3.63) is 65.7 Å². The fourth-order valence-electron chi connectivity index (χ4n) is 1.84. The van der Waals surface area contributed by atoms with Crippen LogP contribution in [0.4, 0.5) is 0 Å². The van der Waals surface area contributed by atoms with Crippen LogP contribution in [-0.2, 0) is 21.5 Å². The molecule has 1 N–H and O–H groups in total. The second-order valence-corrected chi connectivity index (χ2v) is 6.56. The second-order valence-electron chi connectivity index (χ2n) is 4.67. The Morgan fingerprint density at radius 1 is 1.14 bits per heavy atom. The van der Waals surface area contributed by atoms with Crippen molar-refractivity contribution in [3.8, 4) is 0 Å². The summed E-state index contributed by atoms with van der Waals surface area (Å²) in [5, 5.41) is 4.04. The Hall–Kier alpha value is -2.18. The van der Waals surface area contributed by atoms with E-state index >= 15 is 0 Å². The third-order valence-electron chi connectivity index (χ3n) is 3.11. The average Bonchev–Trinajstić information content (AvgIpc) is 2.56. The molecule has 2 rings (SSSR count). The highest BCUT2D eigenvalue weighted by molar-refractivity contribution is 7.89. The summed E-state index contributed by atoms with van der Waals surface area (Å²) >= 11 is 0. The molecular formula is C16H18N2O3S. The van der Waals surface area contributed by atoms with Gasteiger partial charge in [0.1, 0.15) is 6.61 Å². The lowest BCUT2D eigenvalue weighted by molar-refractivity contribution is 0.130. The van der Waals surface area contributed by atoms with E-state index in [4.69, 9.17) is 4.84 Å². The first-order chi connectivity index (χ1) is 10.5. The van der Waals surface area contributed by atoms with Gasteiger partial charge >= 0.3 is 0 Å². The van der Waals surface area contributed by atoms with Gasteiger partial charge in [0, 0.05) is 5.56 Å². The van der Waals surface area contributed by atoms with Crippen molar-refractivity contribution < 1.29 is 13.3 Å². The normalized spacial score (nSPS) is 12.2. The quantitative estimate of drug-likeness (QED) is 0.657. The molecular weight excluding hydrogens is 300 g/mol. The summed E-state index contributed by atoms with van der Waals surface area (Å²) in [6, 6.07) is 16.3. The van der Waals surface area contributed by atoms with E-state index in [2.05, 4.69) is 9.88 Å². The van der Waals surface area contributed by atoms with Crippen LogP contribution in [0.15, 0.2) is 64.6 Å². The molecule has 2 aromatic carbocycles. The number of hydrogen-bond donors (Lipinski definition) is 1. The molecule has 5 nitrogen and oxygen atoms in total. The van der Waals surface area contributed by atoms with Crippen molar-refractivity contribution >= 4 is 15.7 Å². The largest absolute Gasteiger partial charge is 0.391 e. The van der Waals surface area contributed by atoms with Crippen molar-refractivity contribution in [2.45, 2.75) is 18.4 Å². The molecule has 0 amide bonds. The van der Waals surface area contributed by atoms with Crippen LogP contribution in [0, 0.1) is 0 Å². The fourth-order valence-corrected chi connectivity index (χ4v) is 2.61. The highest BCUT2D eigenvalue weighted by Crippen LogP contribution is 2.12. The molecule has 0 aromatic heterocycles. The van der Waals surface area contributed by atoms with Crippen LogP contribution in [0.5, 0.6) is 0 Å². The van der Waals surface area contributed by atoms with Crippen molar-refractivity contribution in [1.82, 2.24) is 4.72 Å². The van der Waals surface area contributed by atoms with Gasteiger partial charge in [-0.15, -0.1) is 0 Å². The van der Waals surface area contributed by atoms with Gasteiger partial charge in [0.15, 0.2) is 0 Å². The van der Waals surface area contributed by atoms with Crippen LogP contribution in [0.1, 0.15) is 18.1 Å². The molecule has 0 fully saturated rings. The second kappa shape index (κ2) is 7.20. The summed E-state index contributed by atoms with van der Waals surface area (Å²) in [4.78, 5) is 5.51. The van der Waals surface area contributed by atoms with E-state index < -0.39 is 10.0 Å². The summed E-state index contributed by atoms with van der Waals surface area (Å²) in [6.45, 7) is 2.14. The minimum Gasteiger partial charge on any atom is -0.391 e. The van der Waals surface area contributed by atoms with Gasteiger partial charge in [-0.05, 0) is 31.7 Å². The van der Waals surface area contributed by atoms with E-state index in [1.54, 1.807) is 25.1 Å². The van der Waals surface area contributed by atoms with E-state index in [0.29, 0.717) is 17.9 Å². The van der Waals surface area contributed by atoms with Crippen molar-refractivity contribution in [1.29, 1.82) is 0 Å². The molecule has 0 radical (unpaired) electrons. The lowest BCUT2D eigenvalue weighted by Gasteiger charge is -2.06. The molecule has 0 bridgehead atoms. The molecule has 0 saturated carbocycles. The Morgan fingerprint density at radius 2 is 1.86 bits per heavy atom. The van der Waals surface area contributed by atoms with Crippen LogP contribution in [0.2, 0.25) is 0 Å². The van der Waals surface area contributed by atoms with Gasteiger partial charge in [0.05, 0.1) is 10.6 Å². The molecule has 0 aliphatic rings. The maximum absolute atomic E-state index is 11.8. The molecule has 0 saturated heterocycles. The van der Waals surface area contributed by atoms with E-state index in [1.807, 2.05) is 30.3 Å². The topological polar surface area (TPSA) is 67.8 Å². The van der Waals surface area contributed by atoms with Crippen molar-refractivity contribution in [2.24, 2.45) is 5.16 Å². The molecule has 0 unspecified atom stereocenters. The fraction of sp³-hybridized carbons (Fsp3) is 0.188. The SMILES string of the molecule is CNS(=O)(=O)c1cccc(C(C)=NOCc2ccccc2)c1. The van der Waals surface area contributed by atoms with E-state index in [-0.39, 0.29) is 4.90 Å². The zero-order chi connectivity index (χ0) is 16.0. The third kappa shape index (κ3) is 4.16. The van der Waals surface area contributed by atoms with Crippen LogP contribution in [-0.4, -0.2) is 21.2 Å². The number of hydrogen-bond acceptors (Lipinski definition) is 4. The van der Waals surface area contributed by atoms with Gasteiger partial charge in [-0.25, -0.2) is 13.1 Å². The van der Waals surface area contributed by atoms with Gasteiger partial charge in [-0.2, -0.15) is 0 Å². The molecule has 0 heterocycles. The smallest absolute Gasteiger partial charge is 0.240 e. The van der Waals surface area contributed by atoms with Gasteiger partial charge < -0.3 is 4.84 Å². The molecule has 6 heteroatoms. The Kier molecular flexibility index (Phi) is 5.30. The number of oxime groups is 1. The molecule has 0 aliphatic carbocycles. The maximum Gasteiger partial charge on any atom is 0.240 e. The minimum absolute atomic E-state index is 0.199. The van der Waals surface area contributed by atoms with E-state index in [9.17, 15) is 8.42 Å². The zero-order valence-corrected chi connectivity index (χ0v) is 13.3. The molecule has 116 valence electrons. The molecule has 22 heavy (non-hydrogen) atoms. The molecule has 2 aromatic rings. The summed E-state index contributed by atoms with van der Waals surface area (Å²) in [7, 11) is -2.08. The van der Waals surface area contributed by atoms with Gasteiger partial charge in [-0.1, -0.05) is 47.6 Å². The number of sulfonamides is 1. The van der Waals surface area contributed by atoms with Crippen molar-refractivity contribution in [3.63, 3.8) is 0 Å². The Morgan fingerprint density at radius 3 is 2.55 bits per heavy atom. The van der Waals surface area contributed by atoms with E-state index in [0.717, 1.165) is 5.56 Å².